The number of hydrogen-bond acceptors (Lipinski definition) is 2. The molecule has 0 rings (SSSR count). The van der Waals surface area contributed by atoms with E-state index in [1.165, 1.54) is 13.8 Å². The Kier molecular flexibility index (Phi) is 8.25. The number of ketones is 1. The minimum atomic E-state index is -0.981. The molecule has 0 aliphatic carbocycles. The lowest BCUT2D eigenvalue weighted by atomic mass is 10.6. The van der Waals surface area contributed by atoms with Crippen LogP contribution in [0.4, 0.5) is 0 Å². The van der Waals surface area contributed by atoms with Crippen molar-refractivity contribution in [1.29, 1.82) is 0 Å². The first-order valence-corrected chi connectivity index (χ1v) is 2.33. The number of aliphatic carboxylic acids is 1. The highest BCUT2D eigenvalue weighted by Crippen LogP contribution is 1.54. The maximum absolute atomic E-state index is 9.44. The Labute approximate surface area is 54.0 Å². The predicted molar refractivity (Wildman–Crippen MR) is 34.2 cm³/mol. The van der Waals surface area contributed by atoms with E-state index in [2.05, 4.69) is 6.58 Å². The van der Waals surface area contributed by atoms with Gasteiger partial charge < -0.3 is 9.90 Å². The quantitative estimate of drug-likeness (QED) is 0.535. The van der Waals surface area contributed by atoms with Crippen molar-refractivity contribution in [2.75, 3.05) is 0 Å². The largest absolute Gasteiger partial charge is 0.478 e. The van der Waals surface area contributed by atoms with Gasteiger partial charge in [0.2, 0.25) is 0 Å². The zero-order chi connectivity index (χ0) is 7.86. The summed E-state index contributed by atoms with van der Waals surface area (Å²) in [7, 11) is 0. The SMILES string of the molecule is C=CC(=O)O.CC(C)=O. The highest BCUT2D eigenvalue weighted by molar-refractivity contribution is 5.78. The fourth-order valence-corrected chi connectivity index (χ4v) is 0. The Balaban J connectivity index is 0. The Morgan fingerprint density at radius 2 is 1.56 bits per heavy atom. The van der Waals surface area contributed by atoms with Gasteiger partial charge in [0.25, 0.3) is 0 Å². The average molecular weight is 130 g/mol. The molecule has 0 fully saturated rings. The predicted octanol–water partition coefficient (Wildman–Crippen LogP) is 0.852. The molecule has 0 amide bonds. The lowest BCUT2D eigenvalue weighted by Crippen LogP contribution is -1.82. The molecule has 3 heteroatoms. The second-order valence-electron chi connectivity index (χ2n) is 1.45. The van der Waals surface area contributed by atoms with Crippen LogP contribution in [-0.2, 0) is 9.59 Å². The molecule has 0 aliphatic rings. The number of Topliss-reactive ketones (excluding diaryl/α,β-unsaturated/α-hetero) is 1. The number of carbonyl (C=O) groups excluding carboxylic acids is 1. The molecule has 3 nitrogen and oxygen atoms in total. The summed E-state index contributed by atoms with van der Waals surface area (Å²) in [5.41, 5.74) is 0. The van der Waals surface area contributed by atoms with Crippen molar-refractivity contribution in [3.63, 3.8) is 0 Å². The molecule has 0 aromatic heterocycles. The molecule has 0 atom stereocenters. The number of carboxylic acid groups (broad SMARTS) is 1. The van der Waals surface area contributed by atoms with Gasteiger partial charge in [0.05, 0.1) is 0 Å². The minimum absolute atomic E-state index is 0.167. The van der Waals surface area contributed by atoms with Gasteiger partial charge in [0.15, 0.2) is 0 Å². The van der Waals surface area contributed by atoms with Crippen LogP contribution in [0.25, 0.3) is 0 Å². The first-order valence-electron chi connectivity index (χ1n) is 2.33. The topological polar surface area (TPSA) is 54.4 Å². The summed E-state index contributed by atoms with van der Waals surface area (Å²) in [6, 6.07) is 0. The molecule has 0 saturated carbocycles. The van der Waals surface area contributed by atoms with Gasteiger partial charge in [-0.05, 0) is 13.8 Å². The molecule has 0 saturated heterocycles. The lowest BCUT2D eigenvalue weighted by Gasteiger charge is -1.64. The van der Waals surface area contributed by atoms with Crippen LogP contribution in [0.15, 0.2) is 12.7 Å². The van der Waals surface area contributed by atoms with E-state index < -0.39 is 5.97 Å². The van der Waals surface area contributed by atoms with Crippen LogP contribution in [-0.4, -0.2) is 16.9 Å². The summed E-state index contributed by atoms with van der Waals surface area (Å²) < 4.78 is 0. The Bertz CT molecular complexity index is 111. The van der Waals surface area contributed by atoms with Crippen molar-refractivity contribution in [2.45, 2.75) is 13.8 Å². The summed E-state index contributed by atoms with van der Waals surface area (Å²) in [5.74, 6) is -0.815. The van der Waals surface area contributed by atoms with Crippen LogP contribution < -0.4 is 0 Å². The number of hydrogen-bond donors (Lipinski definition) is 1. The molecule has 0 aromatic rings. The van der Waals surface area contributed by atoms with E-state index in [1.807, 2.05) is 0 Å². The van der Waals surface area contributed by atoms with E-state index in [4.69, 9.17) is 5.11 Å². The first-order chi connectivity index (χ1) is 4.00. The van der Waals surface area contributed by atoms with Gasteiger partial charge in [-0.2, -0.15) is 0 Å². The van der Waals surface area contributed by atoms with E-state index in [1.54, 1.807) is 0 Å². The molecule has 0 spiro atoms. The van der Waals surface area contributed by atoms with Gasteiger partial charge in [-0.25, -0.2) is 4.79 Å². The normalized spacial score (nSPS) is 6.44. The van der Waals surface area contributed by atoms with E-state index in [-0.39, 0.29) is 5.78 Å². The zero-order valence-corrected chi connectivity index (χ0v) is 5.55. The average Bonchev–Trinajstić information content (AvgIpc) is 1.65. The summed E-state index contributed by atoms with van der Waals surface area (Å²) in [4.78, 5) is 18.7. The highest BCUT2D eigenvalue weighted by Gasteiger charge is 1.73. The Morgan fingerprint density at radius 3 is 1.56 bits per heavy atom. The van der Waals surface area contributed by atoms with Crippen molar-refractivity contribution < 1.29 is 14.7 Å². The second-order valence-corrected chi connectivity index (χ2v) is 1.45. The van der Waals surface area contributed by atoms with Crippen LogP contribution in [0.1, 0.15) is 13.8 Å². The molecular weight excluding hydrogens is 120 g/mol. The summed E-state index contributed by atoms with van der Waals surface area (Å²) in [5, 5.41) is 7.60. The molecule has 0 bridgehead atoms. The van der Waals surface area contributed by atoms with Crippen LogP contribution in [0, 0.1) is 0 Å². The smallest absolute Gasteiger partial charge is 0.327 e. The van der Waals surface area contributed by atoms with E-state index in [0.29, 0.717) is 0 Å². The molecule has 1 N–H and O–H groups in total. The van der Waals surface area contributed by atoms with Gasteiger partial charge in [0.1, 0.15) is 5.78 Å². The maximum Gasteiger partial charge on any atom is 0.327 e. The van der Waals surface area contributed by atoms with Crippen LogP contribution in [0.5, 0.6) is 0 Å². The second kappa shape index (κ2) is 6.88. The summed E-state index contributed by atoms with van der Waals surface area (Å²) in [6.45, 7) is 6.02. The number of rotatable bonds is 1. The number of carboxylic acids is 1. The van der Waals surface area contributed by atoms with Crippen molar-refractivity contribution in [2.24, 2.45) is 0 Å². The highest BCUT2D eigenvalue weighted by atomic mass is 16.4. The van der Waals surface area contributed by atoms with Gasteiger partial charge in [-0.3, -0.25) is 0 Å². The summed E-state index contributed by atoms with van der Waals surface area (Å²) in [6.07, 6.45) is 0.833. The van der Waals surface area contributed by atoms with Crippen molar-refractivity contribution >= 4 is 11.8 Å². The molecule has 0 radical (unpaired) electrons. The lowest BCUT2D eigenvalue weighted by molar-refractivity contribution is -0.131. The van der Waals surface area contributed by atoms with Crippen LogP contribution in [0.3, 0.4) is 0 Å². The Hall–Kier alpha value is -1.12. The van der Waals surface area contributed by atoms with Gasteiger partial charge >= 0.3 is 5.97 Å². The third-order valence-electron chi connectivity index (χ3n) is 0.175. The third-order valence-corrected chi connectivity index (χ3v) is 0.175. The van der Waals surface area contributed by atoms with Crippen molar-refractivity contribution in [3.05, 3.63) is 12.7 Å². The monoisotopic (exact) mass is 130 g/mol. The molecule has 0 heterocycles. The molecule has 0 unspecified atom stereocenters. The number of carbonyl (C=O) groups is 2. The zero-order valence-electron chi connectivity index (χ0n) is 5.55. The Morgan fingerprint density at radius 1 is 1.44 bits per heavy atom. The van der Waals surface area contributed by atoms with E-state index >= 15 is 0 Å². The molecule has 0 aromatic carbocycles. The fraction of sp³-hybridized carbons (Fsp3) is 0.333. The fourth-order valence-electron chi connectivity index (χ4n) is 0. The molecule has 0 aliphatic heterocycles. The molecular formula is C6H10O3. The van der Waals surface area contributed by atoms with Gasteiger partial charge in [-0.1, -0.05) is 6.58 Å². The van der Waals surface area contributed by atoms with Crippen LogP contribution >= 0.6 is 0 Å². The van der Waals surface area contributed by atoms with Crippen molar-refractivity contribution in [1.82, 2.24) is 0 Å². The molecule has 52 valence electrons. The summed E-state index contributed by atoms with van der Waals surface area (Å²) >= 11 is 0. The van der Waals surface area contributed by atoms with Crippen LogP contribution in [0.2, 0.25) is 0 Å². The van der Waals surface area contributed by atoms with Gasteiger partial charge in [0, 0.05) is 6.08 Å². The first kappa shape index (κ1) is 10.8. The van der Waals surface area contributed by atoms with E-state index in [9.17, 15) is 9.59 Å². The third kappa shape index (κ3) is 212. The minimum Gasteiger partial charge on any atom is -0.478 e. The standard InChI is InChI=1S/C3H4O2.C3H6O/c1-2-3(4)5;1-3(2)4/h2H,1H2,(H,4,5);1-2H3. The maximum atomic E-state index is 9.44. The van der Waals surface area contributed by atoms with Gasteiger partial charge in [-0.15, -0.1) is 0 Å². The van der Waals surface area contributed by atoms with Crippen molar-refractivity contribution in [3.8, 4) is 0 Å². The van der Waals surface area contributed by atoms with E-state index in [0.717, 1.165) is 6.08 Å². The molecule has 9 heavy (non-hydrogen) atoms.